The molecule has 1 aliphatic rings. The maximum Gasteiger partial charge on any atom is 0.243 e. The monoisotopic (exact) mass is 418 g/mol. The van der Waals surface area contributed by atoms with E-state index in [0.29, 0.717) is 25.7 Å². The summed E-state index contributed by atoms with van der Waals surface area (Å²) in [6, 6.07) is 8.35. The molecule has 6 nitrogen and oxygen atoms in total. The highest BCUT2D eigenvalue weighted by atomic mass is 32.2. The Hall–Kier alpha value is -2.15. The molecule has 0 aromatic heterocycles. The van der Waals surface area contributed by atoms with E-state index in [1.807, 2.05) is 30.3 Å². The van der Waals surface area contributed by atoms with Crippen molar-refractivity contribution in [2.24, 2.45) is 0 Å². The first-order chi connectivity index (χ1) is 14.0. The van der Waals surface area contributed by atoms with E-state index in [1.165, 1.54) is 11.8 Å². The summed E-state index contributed by atoms with van der Waals surface area (Å²) in [5, 5.41) is 5.70. The summed E-state index contributed by atoms with van der Waals surface area (Å²) in [5.41, 5.74) is 0.917. The zero-order valence-electron chi connectivity index (χ0n) is 16.9. The van der Waals surface area contributed by atoms with Crippen LogP contribution in [-0.4, -0.2) is 40.5 Å². The first kappa shape index (κ1) is 23.1. The van der Waals surface area contributed by atoms with E-state index in [0.717, 1.165) is 30.6 Å². The summed E-state index contributed by atoms with van der Waals surface area (Å²) in [5.74, 6) is 0.353. The van der Waals surface area contributed by atoms with Crippen LogP contribution in [0.15, 0.2) is 30.3 Å². The largest absolute Gasteiger partial charge is 0.344 e. The summed E-state index contributed by atoms with van der Waals surface area (Å²) in [4.78, 5) is 48.0. The highest BCUT2D eigenvalue weighted by molar-refractivity contribution is 8.13. The molecule has 1 saturated heterocycles. The highest BCUT2D eigenvalue weighted by Gasteiger charge is 2.28. The molecule has 2 atom stereocenters. The smallest absolute Gasteiger partial charge is 0.243 e. The average Bonchev–Trinajstić information content (AvgIpc) is 2.70. The fourth-order valence-electron chi connectivity index (χ4n) is 3.35. The van der Waals surface area contributed by atoms with Gasteiger partial charge < -0.3 is 10.6 Å². The van der Waals surface area contributed by atoms with Gasteiger partial charge in [0.15, 0.2) is 10.9 Å². The number of carbonyl (C=O) groups excluding carboxylic acids is 4. The van der Waals surface area contributed by atoms with Crippen molar-refractivity contribution in [3.05, 3.63) is 35.9 Å². The third kappa shape index (κ3) is 8.81. The SMILES string of the molecule is CC(=O)SCCCCC[C@H](NC(=O)[C@@H]1CCCC(=O)N1)C(=O)Cc1ccccc1. The van der Waals surface area contributed by atoms with E-state index >= 15 is 0 Å². The van der Waals surface area contributed by atoms with Gasteiger partial charge in [-0.05, 0) is 31.2 Å². The molecule has 0 radical (unpaired) electrons. The van der Waals surface area contributed by atoms with Crippen LogP contribution in [-0.2, 0) is 25.6 Å². The Balaban J connectivity index is 1.90. The summed E-state index contributed by atoms with van der Waals surface area (Å²) in [6.07, 6.45) is 5.13. The van der Waals surface area contributed by atoms with Gasteiger partial charge in [-0.1, -0.05) is 54.9 Å². The summed E-state index contributed by atoms with van der Waals surface area (Å²) >= 11 is 1.31. The van der Waals surface area contributed by atoms with E-state index in [2.05, 4.69) is 10.6 Å². The summed E-state index contributed by atoms with van der Waals surface area (Å²) < 4.78 is 0. The Morgan fingerprint density at radius 2 is 1.93 bits per heavy atom. The van der Waals surface area contributed by atoms with Crippen molar-refractivity contribution in [2.75, 3.05) is 5.75 Å². The molecule has 158 valence electrons. The minimum Gasteiger partial charge on any atom is -0.344 e. The lowest BCUT2D eigenvalue weighted by Gasteiger charge is -2.25. The van der Waals surface area contributed by atoms with Gasteiger partial charge in [0.05, 0.1) is 6.04 Å². The van der Waals surface area contributed by atoms with Crippen molar-refractivity contribution in [1.29, 1.82) is 0 Å². The molecule has 1 aromatic carbocycles. The molecule has 0 unspecified atom stereocenters. The number of Topliss-reactive ketones (excluding diaryl/α,β-unsaturated/α-hetero) is 1. The fourth-order valence-corrected chi connectivity index (χ4v) is 3.99. The van der Waals surface area contributed by atoms with Gasteiger partial charge in [-0.15, -0.1) is 0 Å². The van der Waals surface area contributed by atoms with Crippen molar-refractivity contribution in [3.63, 3.8) is 0 Å². The third-order valence-corrected chi connectivity index (χ3v) is 5.82. The maximum absolute atomic E-state index is 12.9. The number of ketones is 1. The fraction of sp³-hybridized carbons (Fsp3) is 0.545. The van der Waals surface area contributed by atoms with Gasteiger partial charge in [-0.25, -0.2) is 0 Å². The normalized spacial score (nSPS) is 17.3. The zero-order chi connectivity index (χ0) is 21.1. The number of carbonyl (C=O) groups is 4. The van der Waals surface area contributed by atoms with E-state index in [1.54, 1.807) is 6.92 Å². The van der Waals surface area contributed by atoms with Crippen LogP contribution in [0.3, 0.4) is 0 Å². The lowest BCUT2D eigenvalue weighted by Crippen LogP contribution is -2.53. The third-order valence-electron chi connectivity index (χ3n) is 4.92. The molecule has 1 aromatic rings. The Kier molecular flexibility index (Phi) is 9.91. The second-order valence-electron chi connectivity index (χ2n) is 7.39. The lowest BCUT2D eigenvalue weighted by atomic mass is 9.97. The van der Waals surface area contributed by atoms with Gasteiger partial charge in [0, 0.05) is 25.5 Å². The number of hydrogen-bond donors (Lipinski definition) is 2. The van der Waals surface area contributed by atoms with Crippen LogP contribution in [0.4, 0.5) is 0 Å². The average molecular weight is 419 g/mol. The predicted octanol–water partition coefficient (Wildman–Crippen LogP) is 2.79. The zero-order valence-corrected chi connectivity index (χ0v) is 17.8. The first-order valence-corrected chi connectivity index (χ1v) is 11.2. The number of rotatable bonds is 11. The second kappa shape index (κ2) is 12.4. The lowest BCUT2D eigenvalue weighted by molar-refractivity contribution is -0.133. The number of piperidine rings is 1. The quantitative estimate of drug-likeness (QED) is 0.539. The van der Waals surface area contributed by atoms with Gasteiger partial charge in [0.2, 0.25) is 11.8 Å². The molecule has 1 aliphatic heterocycles. The molecule has 7 heteroatoms. The summed E-state index contributed by atoms with van der Waals surface area (Å²) in [7, 11) is 0. The van der Waals surface area contributed by atoms with Gasteiger partial charge in [0.25, 0.3) is 0 Å². The number of unbranched alkanes of at least 4 members (excludes halogenated alkanes) is 2. The Morgan fingerprint density at radius 3 is 2.62 bits per heavy atom. The predicted molar refractivity (Wildman–Crippen MR) is 114 cm³/mol. The Bertz CT molecular complexity index is 708. The van der Waals surface area contributed by atoms with Crippen LogP contribution in [0, 0.1) is 0 Å². The standard InChI is InChI=1S/C22H30N2O4S/c1-16(25)29-14-7-3-6-11-18(20(26)15-17-9-4-2-5-10-17)24-22(28)19-12-8-13-21(27)23-19/h2,4-5,9-10,18-19H,3,6-8,11-15H2,1H3,(H,23,27)(H,24,28)/t18-,19-/m0/s1. The van der Waals surface area contributed by atoms with Crippen LogP contribution >= 0.6 is 11.8 Å². The van der Waals surface area contributed by atoms with Crippen molar-refractivity contribution in [3.8, 4) is 0 Å². The second-order valence-corrected chi connectivity index (χ2v) is 8.66. The molecular formula is C22H30N2O4S. The number of thioether (sulfide) groups is 1. The number of amides is 2. The van der Waals surface area contributed by atoms with Crippen molar-refractivity contribution in [1.82, 2.24) is 10.6 Å². The van der Waals surface area contributed by atoms with E-state index in [4.69, 9.17) is 0 Å². The van der Waals surface area contributed by atoms with Gasteiger partial charge in [0.1, 0.15) is 6.04 Å². The Morgan fingerprint density at radius 1 is 1.17 bits per heavy atom. The van der Waals surface area contributed by atoms with Crippen LogP contribution in [0.25, 0.3) is 0 Å². The molecule has 2 amide bonds. The first-order valence-electron chi connectivity index (χ1n) is 10.3. The number of benzene rings is 1. The molecule has 2 N–H and O–H groups in total. The van der Waals surface area contributed by atoms with Crippen LogP contribution < -0.4 is 10.6 Å². The van der Waals surface area contributed by atoms with Crippen LogP contribution in [0.1, 0.15) is 57.4 Å². The molecule has 2 rings (SSSR count). The molecule has 0 spiro atoms. The van der Waals surface area contributed by atoms with Crippen molar-refractivity contribution >= 4 is 34.5 Å². The highest BCUT2D eigenvalue weighted by Crippen LogP contribution is 2.13. The van der Waals surface area contributed by atoms with Crippen molar-refractivity contribution < 1.29 is 19.2 Å². The van der Waals surface area contributed by atoms with Crippen LogP contribution in [0.5, 0.6) is 0 Å². The summed E-state index contributed by atoms with van der Waals surface area (Å²) in [6.45, 7) is 1.56. The maximum atomic E-state index is 12.9. The van der Waals surface area contributed by atoms with Crippen LogP contribution in [0.2, 0.25) is 0 Å². The van der Waals surface area contributed by atoms with Gasteiger partial charge in [-0.3, -0.25) is 19.2 Å². The molecule has 0 aliphatic carbocycles. The topological polar surface area (TPSA) is 92.3 Å². The molecule has 0 bridgehead atoms. The van der Waals surface area contributed by atoms with Gasteiger partial charge >= 0.3 is 0 Å². The van der Waals surface area contributed by atoms with Crippen molar-refractivity contribution in [2.45, 2.75) is 70.4 Å². The molecule has 29 heavy (non-hydrogen) atoms. The number of hydrogen-bond acceptors (Lipinski definition) is 5. The number of nitrogens with one attached hydrogen (secondary N) is 2. The molecule has 0 saturated carbocycles. The Labute approximate surface area is 176 Å². The molecule has 1 fully saturated rings. The van der Waals surface area contributed by atoms with E-state index < -0.39 is 12.1 Å². The van der Waals surface area contributed by atoms with Gasteiger partial charge in [-0.2, -0.15) is 0 Å². The van der Waals surface area contributed by atoms with E-state index in [-0.39, 0.29) is 29.1 Å². The van der Waals surface area contributed by atoms with E-state index in [9.17, 15) is 19.2 Å². The minimum atomic E-state index is -0.568. The molecule has 1 heterocycles. The minimum absolute atomic E-state index is 0.0233. The molecular weight excluding hydrogens is 388 g/mol.